The second-order valence-corrected chi connectivity index (χ2v) is 2.29. The van der Waals surface area contributed by atoms with Crippen LogP contribution in [0.25, 0.3) is 0 Å². The Morgan fingerprint density at radius 2 is 1.50 bits per heavy atom. The third-order valence-corrected chi connectivity index (χ3v) is 1.59. The van der Waals surface area contributed by atoms with Gasteiger partial charge in [-0.15, -0.1) is 0 Å². The topological polar surface area (TPSA) is 32.6 Å². The van der Waals surface area contributed by atoms with Crippen LogP contribution in [-0.4, -0.2) is 21.3 Å². The summed E-state index contributed by atoms with van der Waals surface area (Å²) in [7, 11) is 4.97. The fourth-order valence-electron chi connectivity index (χ4n) is 0.922. The number of nitrogens with zero attached hydrogens (tertiary/aromatic N) is 1. The van der Waals surface area contributed by atoms with Crippen LogP contribution in [-0.2, 0) is 0 Å². The van der Waals surface area contributed by atoms with Crippen molar-refractivity contribution in [2.75, 3.05) is 21.3 Å². The Kier molecular flexibility index (Phi) is 2.80. The molecule has 0 aliphatic rings. The van der Waals surface area contributed by atoms with Crippen molar-refractivity contribution < 1.29 is 9.47 Å². The van der Waals surface area contributed by atoms with Crippen LogP contribution in [0.2, 0.25) is 0 Å². The molecule has 1 rings (SSSR count). The lowest BCUT2D eigenvalue weighted by molar-refractivity contribution is 0.394. The number of methoxy groups -OCH3 is 2. The van der Waals surface area contributed by atoms with Crippen LogP contribution in [0, 0.1) is 0 Å². The van der Waals surface area contributed by atoms with Gasteiger partial charge in [0.15, 0.2) is 0 Å². The molecule has 1 aromatic carbocycles. The largest absolute Gasteiger partial charge is 0.497 e. The zero-order valence-corrected chi connectivity index (χ0v) is 7.50. The van der Waals surface area contributed by atoms with E-state index in [9.17, 15) is 0 Å². The minimum Gasteiger partial charge on any atom is -0.497 e. The molecule has 0 amide bonds. The van der Waals surface area contributed by atoms with E-state index in [0.717, 1.165) is 17.2 Å². The lowest BCUT2D eigenvalue weighted by atomic mass is 10.3. The molecule has 0 heterocycles. The first-order valence-corrected chi connectivity index (χ1v) is 3.63. The summed E-state index contributed by atoms with van der Waals surface area (Å²) in [4.78, 5) is 0. The number of hydrogen-bond donors (Lipinski definition) is 0. The zero-order chi connectivity index (χ0) is 8.97. The number of ether oxygens (including phenoxy) is 2. The van der Waals surface area contributed by atoms with Crippen LogP contribution in [0.4, 0.5) is 5.69 Å². The minimum absolute atomic E-state index is 0.759. The highest BCUT2D eigenvalue weighted by Gasteiger charge is 1.99. The summed E-state index contributed by atoms with van der Waals surface area (Å²) in [5.74, 6) is 1.52. The Bertz CT molecular complexity index is 205. The summed E-state index contributed by atoms with van der Waals surface area (Å²) in [6, 6.07) is 5.51. The molecule has 0 atom stereocenters. The molecule has 0 spiro atoms. The van der Waals surface area contributed by atoms with Crippen molar-refractivity contribution >= 4 is 5.69 Å². The molecule has 65 valence electrons. The molecule has 0 N–H and O–H groups in total. The van der Waals surface area contributed by atoms with Crippen LogP contribution >= 0.6 is 0 Å². The van der Waals surface area contributed by atoms with E-state index in [-0.39, 0.29) is 0 Å². The Morgan fingerprint density at radius 1 is 1.00 bits per heavy atom. The third kappa shape index (κ3) is 1.81. The van der Waals surface area contributed by atoms with Crippen LogP contribution in [0.1, 0.15) is 0 Å². The van der Waals surface area contributed by atoms with Gasteiger partial charge in [0, 0.05) is 25.2 Å². The van der Waals surface area contributed by atoms with Crippen molar-refractivity contribution in [3.05, 3.63) is 18.2 Å². The van der Waals surface area contributed by atoms with E-state index in [1.54, 1.807) is 21.3 Å². The quantitative estimate of drug-likeness (QED) is 0.682. The van der Waals surface area contributed by atoms with Gasteiger partial charge < -0.3 is 9.47 Å². The summed E-state index contributed by atoms with van der Waals surface area (Å²) in [5, 5.41) is 4.03. The predicted molar refractivity (Wildman–Crippen MR) is 47.3 cm³/mol. The van der Waals surface area contributed by atoms with Gasteiger partial charge in [-0.05, 0) is 0 Å². The molecular formula is C9H12NO2. The second-order valence-electron chi connectivity index (χ2n) is 2.29. The normalized spacial score (nSPS) is 9.25. The predicted octanol–water partition coefficient (Wildman–Crippen LogP) is 1.57. The van der Waals surface area contributed by atoms with Crippen molar-refractivity contribution in [3.8, 4) is 11.5 Å². The highest BCUT2D eigenvalue weighted by Crippen LogP contribution is 2.25. The molecule has 3 heteroatoms. The van der Waals surface area contributed by atoms with Gasteiger partial charge in [-0.25, -0.2) is 0 Å². The second kappa shape index (κ2) is 3.85. The van der Waals surface area contributed by atoms with Crippen molar-refractivity contribution in [2.24, 2.45) is 0 Å². The van der Waals surface area contributed by atoms with E-state index in [0.29, 0.717) is 0 Å². The Labute approximate surface area is 72.3 Å². The van der Waals surface area contributed by atoms with Crippen molar-refractivity contribution in [3.63, 3.8) is 0 Å². The van der Waals surface area contributed by atoms with Gasteiger partial charge in [-0.2, -0.15) is 0 Å². The molecule has 3 nitrogen and oxygen atoms in total. The maximum Gasteiger partial charge on any atom is 0.124 e. The summed E-state index contributed by atoms with van der Waals surface area (Å²) >= 11 is 0. The van der Waals surface area contributed by atoms with Gasteiger partial charge in [0.2, 0.25) is 0 Å². The smallest absolute Gasteiger partial charge is 0.124 e. The van der Waals surface area contributed by atoms with Gasteiger partial charge in [0.25, 0.3) is 0 Å². The van der Waals surface area contributed by atoms with E-state index in [1.807, 2.05) is 18.2 Å². The van der Waals surface area contributed by atoms with Gasteiger partial charge >= 0.3 is 0 Å². The minimum atomic E-state index is 0.759. The number of benzene rings is 1. The molecule has 0 saturated carbocycles. The zero-order valence-electron chi connectivity index (χ0n) is 7.50. The Hall–Kier alpha value is -1.38. The summed E-state index contributed by atoms with van der Waals surface area (Å²) < 4.78 is 10.1. The fourth-order valence-corrected chi connectivity index (χ4v) is 0.922. The first-order valence-electron chi connectivity index (χ1n) is 3.63. The van der Waals surface area contributed by atoms with Crippen LogP contribution in [0.5, 0.6) is 11.5 Å². The average molecular weight is 166 g/mol. The SMILES string of the molecule is C[N]c1cc(OC)cc(OC)c1. The molecule has 0 aliphatic heterocycles. The third-order valence-electron chi connectivity index (χ3n) is 1.59. The molecule has 1 radical (unpaired) electrons. The van der Waals surface area contributed by atoms with Gasteiger partial charge in [0.1, 0.15) is 11.5 Å². The van der Waals surface area contributed by atoms with E-state index < -0.39 is 0 Å². The highest BCUT2D eigenvalue weighted by molar-refractivity contribution is 5.49. The standard InChI is InChI=1S/C9H12NO2/c1-10-7-4-8(11-2)6-9(5-7)12-3/h4-6H,1-3H3. The molecule has 1 aromatic rings. The summed E-state index contributed by atoms with van der Waals surface area (Å²) in [6.45, 7) is 0. The first kappa shape index (κ1) is 8.71. The maximum atomic E-state index is 5.06. The highest BCUT2D eigenvalue weighted by atomic mass is 16.5. The maximum absolute atomic E-state index is 5.06. The average Bonchev–Trinajstić information content (AvgIpc) is 2.16. The van der Waals surface area contributed by atoms with Crippen LogP contribution in [0.15, 0.2) is 18.2 Å². The van der Waals surface area contributed by atoms with E-state index in [2.05, 4.69) is 5.32 Å². The number of rotatable bonds is 3. The number of hydrogen-bond acceptors (Lipinski definition) is 2. The molecule has 0 saturated heterocycles. The lowest BCUT2D eigenvalue weighted by Gasteiger charge is -2.06. The van der Waals surface area contributed by atoms with Crippen molar-refractivity contribution in [1.82, 2.24) is 5.32 Å². The van der Waals surface area contributed by atoms with Crippen molar-refractivity contribution in [1.29, 1.82) is 0 Å². The summed E-state index contributed by atoms with van der Waals surface area (Å²) in [6.07, 6.45) is 0. The molecular weight excluding hydrogens is 154 g/mol. The van der Waals surface area contributed by atoms with E-state index in [4.69, 9.17) is 9.47 Å². The van der Waals surface area contributed by atoms with Gasteiger partial charge in [0.05, 0.1) is 19.9 Å². The molecule has 12 heavy (non-hydrogen) atoms. The monoisotopic (exact) mass is 166 g/mol. The van der Waals surface area contributed by atoms with Gasteiger partial charge in [-0.3, -0.25) is 5.32 Å². The fraction of sp³-hybridized carbons (Fsp3) is 0.333. The molecule has 0 unspecified atom stereocenters. The van der Waals surface area contributed by atoms with Crippen LogP contribution in [0.3, 0.4) is 0 Å². The van der Waals surface area contributed by atoms with E-state index in [1.165, 1.54) is 0 Å². The molecule has 0 aromatic heterocycles. The summed E-state index contributed by atoms with van der Waals surface area (Å²) in [5.41, 5.74) is 0.853. The molecule has 0 fully saturated rings. The Balaban J connectivity index is 3.01. The molecule has 0 aliphatic carbocycles. The Morgan fingerprint density at radius 3 is 1.83 bits per heavy atom. The van der Waals surface area contributed by atoms with E-state index >= 15 is 0 Å². The lowest BCUT2D eigenvalue weighted by Crippen LogP contribution is -1.91. The molecule has 0 bridgehead atoms. The van der Waals surface area contributed by atoms with Crippen LogP contribution < -0.4 is 14.8 Å². The van der Waals surface area contributed by atoms with Gasteiger partial charge in [-0.1, -0.05) is 0 Å². The first-order chi connectivity index (χ1) is 5.80. The van der Waals surface area contributed by atoms with Crippen molar-refractivity contribution in [2.45, 2.75) is 0 Å².